The zero-order valence-electron chi connectivity index (χ0n) is 11.1. The Bertz CT molecular complexity index is 783. The summed E-state index contributed by atoms with van der Waals surface area (Å²) in [5, 5.41) is 17.3. The number of benzene rings is 2. The zero-order valence-corrected chi connectivity index (χ0v) is 11.8. The molecule has 0 aliphatic heterocycles. The first kappa shape index (κ1) is 13.6. The lowest BCUT2D eigenvalue weighted by molar-refractivity contribution is -0.137. The van der Waals surface area contributed by atoms with Crippen LogP contribution in [0.2, 0.25) is 5.15 Å². The van der Waals surface area contributed by atoms with Gasteiger partial charge in [0.05, 0.1) is 11.9 Å². The second-order valence-corrected chi connectivity index (χ2v) is 5.25. The van der Waals surface area contributed by atoms with Crippen molar-refractivity contribution in [1.29, 1.82) is 0 Å². The molecular weight excluding hydrogens is 288 g/mol. The van der Waals surface area contributed by atoms with E-state index < -0.39 is 5.97 Å². The minimum atomic E-state index is -0.831. The summed E-state index contributed by atoms with van der Waals surface area (Å²) in [6.45, 7) is 0. The van der Waals surface area contributed by atoms with E-state index in [1.54, 1.807) is 0 Å². The van der Waals surface area contributed by atoms with Crippen LogP contribution in [0.1, 0.15) is 23.5 Å². The second kappa shape index (κ2) is 5.58. The Labute approximate surface area is 126 Å². The van der Waals surface area contributed by atoms with Crippen LogP contribution in [-0.2, 0) is 4.79 Å². The van der Waals surface area contributed by atoms with E-state index in [0.29, 0.717) is 5.15 Å². The van der Waals surface area contributed by atoms with Crippen LogP contribution in [0.5, 0.6) is 0 Å². The molecule has 1 aromatic heterocycles. The van der Waals surface area contributed by atoms with Crippen LogP contribution in [0, 0.1) is 0 Å². The highest BCUT2D eigenvalue weighted by Crippen LogP contribution is 2.31. The van der Waals surface area contributed by atoms with Gasteiger partial charge in [0.15, 0.2) is 0 Å². The molecule has 1 heterocycles. The Balaban J connectivity index is 2.09. The number of aromatic amines is 1. The number of rotatable bonds is 4. The maximum absolute atomic E-state index is 11.2. The molecule has 0 spiro atoms. The molecule has 3 rings (SSSR count). The molecule has 0 saturated carbocycles. The lowest BCUT2D eigenvalue weighted by Crippen LogP contribution is -2.07. The molecule has 2 aromatic carbocycles. The molecule has 0 unspecified atom stereocenters. The lowest BCUT2D eigenvalue weighted by Gasteiger charge is -2.16. The van der Waals surface area contributed by atoms with Crippen molar-refractivity contribution < 1.29 is 9.90 Å². The molecule has 0 bridgehead atoms. The van der Waals surface area contributed by atoms with Gasteiger partial charge in [-0.2, -0.15) is 5.10 Å². The summed E-state index contributed by atoms with van der Waals surface area (Å²) in [4.78, 5) is 11.2. The Morgan fingerprint density at radius 2 is 1.95 bits per heavy atom. The van der Waals surface area contributed by atoms with Gasteiger partial charge < -0.3 is 5.11 Å². The SMILES string of the molecule is O=C(O)C[C@H](c1ccccc1)c1ccc2n[nH]c(Cl)c2c1. The van der Waals surface area contributed by atoms with Crippen molar-refractivity contribution in [3.63, 3.8) is 0 Å². The standard InChI is InChI=1S/C16H13ClN2O2/c17-16-13-8-11(6-7-14(13)18-19-16)12(9-15(20)21)10-4-2-1-3-5-10/h1-8,12H,9H2,(H,18,19)(H,20,21)/t12-/m1/s1. The van der Waals surface area contributed by atoms with E-state index in [0.717, 1.165) is 22.0 Å². The van der Waals surface area contributed by atoms with Gasteiger partial charge in [0.2, 0.25) is 0 Å². The van der Waals surface area contributed by atoms with E-state index >= 15 is 0 Å². The number of halogens is 1. The third kappa shape index (κ3) is 2.76. The number of aromatic nitrogens is 2. The summed E-state index contributed by atoms with van der Waals surface area (Å²) in [5.74, 6) is -1.04. The smallest absolute Gasteiger partial charge is 0.304 e. The van der Waals surface area contributed by atoms with E-state index in [4.69, 9.17) is 11.6 Å². The van der Waals surface area contributed by atoms with Gasteiger partial charge >= 0.3 is 5.97 Å². The van der Waals surface area contributed by atoms with Crippen molar-refractivity contribution >= 4 is 28.5 Å². The molecule has 3 aromatic rings. The largest absolute Gasteiger partial charge is 0.481 e. The molecule has 0 amide bonds. The number of H-pyrrole nitrogens is 1. The third-order valence-corrected chi connectivity index (χ3v) is 3.80. The van der Waals surface area contributed by atoms with Crippen LogP contribution in [0.4, 0.5) is 0 Å². The van der Waals surface area contributed by atoms with E-state index in [-0.39, 0.29) is 12.3 Å². The minimum Gasteiger partial charge on any atom is -0.481 e. The van der Waals surface area contributed by atoms with Gasteiger partial charge in [0, 0.05) is 11.3 Å². The van der Waals surface area contributed by atoms with Crippen molar-refractivity contribution in [3.8, 4) is 0 Å². The zero-order chi connectivity index (χ0) is 14.8. The molecule has 5 heteroatoms. The Morgan fingerprint density at radius 3 is 2.67 bits per heavy atom. The molecule has 4 nitrogen and oxygen atoms in total. The topological polar surface area (TPSA) is 66.0 Å². The fourth-order valence-electron chi connectivity index (χ4n) is 2.50. The monoisotopic (exact) mass is 300 g/mol. The molecule has 0 fully saturated rings. The Morgan fingerprint density at radius 1 is 1.19 bits per heavy atom. The predicted molar refractivity (Wildman–Crippen MR) is 81.6 cm³/mol. The van der Waals surface area contributed by atoms with Gasteiger partial charge in [0.25, 0.3) is 0 Å². The molecular formula is C16H13ClN2O2. The van der Waals surface area contributed by atoms with Gasteiger partial charge in [-0.15, -0.1) is 0 Å². The van der Waals surface area contributed by atoms with Crippen LogP contribution in [-0.4, -0.2) is 21.3 Å². The first-order chi connectivity index (χ1) is 10.1. The summed E-state index contributed by atoms with van der Waals surface area (Å²) in [7, 11) is 0. The third-order valence-electron chi connectivity index (χ3n) is 3.51. The van der Waals surface area contributed by atoms with Crippen LogP contribution >= 0.6 is 11.6 Å². The fourth-order valence-corrected chi connectivity index (χ4v) is 2.69. The van der Waals surface area contributed by atoms with Gasteiger partial charge in [-0.1, -0.05) is 48.0 Å². The number of carboxylic acids is 1. The molecule has 0 saturated heterocycles. The number of hydrogen-bond donors (Lipinski definition) is 2. The Kier molecular flexibility index (Phi) is 3.62. The van der Waals surface area contributed by atoms with Gasteiger partial charge in [0.1, 0.15) is 5.15 Å². The van der Waals surface area contributed by atoms with Crippen LogP contribution in [0.15, 0.2) is 48.5 Å². The van der Waals surface area contributed by atoms with Crippen molar-refractivity contribution in [2.75, 3.05) is 0 Å². The van der Waals surface area contributed by atoms with Crippen molar-refractivity contribution in [3.05, 3.63) is 64.8 Å². The normalized spacial score (nSPS) is 12.4. The molecule has 1 atom stereocenters. The molecule has 0 aliphatic rings. The number of aliphatic carboxylic acids is 1. The van der Waals surface area contributed by atoms with Crippen LogP contribution < -0.4 is 0 Å². The molecule has 2 N–H and O–H groups in total. The van der Waals surface area contributed by atoms with Crippen molar-refractivity contribution in [2.24, 2.45) is 0 Å². The average Bonchev–Trinajstić information content (AvgIpc) is 2.86. The van der Waals surface area contributed by atoms with Crippen LogP contribution in [0.3, 0.4) is 0 Å². The number of nitrogens with one attached hydrogen (secondary N) is 1. The van der Waals surface area contributed by atoms with E-state index in [9.17, 15) is 9.90 Å². The maximum atomic E-state index is 11.2. The molecule has 0 radical (unpaired) electrons. The van der Waals surface area contributed by atoms with E-state index in [2.05, 4.69) is 10.2 Å². The average molecular weight is 301 g/mol. The number of nitrogens with zero attached hydrogens (tertiary/aromatic N) is 1. The van der Waals surface area contributed by atoms with E-state index in [1.165, 1.54) is 0 Å². The number of carboxylic acid groups (broad SMARTS) is 1. The maximum Gasteiger partial charge on any atom is 0.304 e. The fraction of sp³-hybridized carbons (Fsp3) is 0.125. The highest BCUT2D eigenvalue weighted by Gasteiger charge is 2.18. The van der Waals surface area contributed by atoms with E-state index in [1.807, 2.05) is 48.5 Å². The quantitative estimate of drug-likeness (QED) is 0.769. The van der Waals surface area contributed by atoms with Crippen LogP contribution in [0.25, 0.3) is 10.9 Å². The number of fused-ring (bicyclic) bond motifs is 1. The molecule has 106 valence electrons. The predicted octanol–water partition coefficient (Wildman–Crippen LogP) is 3.82. The minimum absolute atomic E-state index is 0.0327. The first-order valence-corrected chi connectivity index (χ1v) is 6.93. The van der Waals surface area contributed by atoms with Crippen molar-refractivity contribution in [1.82, 2.24) is 10.2 Å². The molecule has 21 heavy (non-hydrogen) atoms. The summed E-state index contributed by atoms with van der Waals surface area (Å²) in [6, 6.07) is 15.3. The second-order valence-electron chi connectivity index (χ2n) is 4.88. The van der Waals surface area contributed by atoms with Gasteiger partial charge in [-0.05, 0) is 23.3 Å². The number of hydrogen-bond acceptors (Lipinski definition) is 2. The van der Waals surface area contributed by atoms with Gasteiger partial charge in [-0.3, -0.25) is 9.89 Å². The Hall–Kier alpha value is -2.33. The van der Waals surface area contributed by atoms with Crippen molar-refractivity contribution in [2.45, 2.75) is 12.3 Å². The van der Waals surface area contributed by atoms with Gasteiger partial charge in [-0.25, -0.2) is 0 Å². The highest BCUT2D eigenvalue weighted by molar-refractivity contribution is 6.34. The summed E-state index contributed by atoms with van der Waals surface area (Å²) >= 11 is 6.07. The lowest BCUT2D eigenvalue weighted by atomic mass is 9.88. The highest BCUT2D eigenvalue weighted by atomic mass is 35.5. The summed E-state index contributed by atoms with van der Waals surface area (Å²) in [6.07, 6.45) is 0.0327. The molecule has 0 aliphatic carbocycles. The number of carbonyl (C=O) groups is 1. The summed E-state index contributed by atoms with van der Waals surface area (Å²) < 4.78 is 0. The first-order valence-electron chi connectivity index (χ1n) is 6.55. The summed E-state index contributed by atoms with van der Waals surface area (Å²) in [5.41, 5.74) is 2.66.